The molecule has 1 amide bonds. The van der Waals surface area contributed by atoms with Crippen molar-refractivity contribution in [3.63, 3.8) is 0 Å². The van der Waals surface area contributed by atoms with Gasteiger partial charge in [-0.2, -0.15) is 8.42 Å². The molecule has 0 unspecified atom stereocenters. The molecule has 0 aliphatic heterocycles. The fourth-order valence-corrected chi connectivity index (χ4v) is 4.71. The highest BCUT2D eigenvalue weighted by molar-refractivity contribution is 7.94. The number of pyridine rings is 1. The zero-order valence-electron chi connectivity index (χ0n) is 16.1. The smallest absolute Gasteiger partial charge is 0.291 e. The maximum Gasteiger partial charge on any atom is 0.291 e. The van der Waals surface area contributed by atoms with Crippen molar-refractivity contribution in [2.75, 3.05) is 10.0 Å². The maximum absolute atomic E-state index is 12.6. The second kappa shape index (κ2) is 9.02. The number of aromatic nitrogens is 3. The lowest BCUT2D eigenvalue weighted by Crippen LogP contribution is -2.12. The highest BCUT2D eigenvalue weighted by Crippen LogP contribution is 2.23. The minimum absolute atomic E-state index is 0.0990. The zero-order chi connectivity index (χ0) is 21.7. The summed E-state index contributed by atoms with van der Waals surface area (Å²) in [6.07, 6.45) is 4.18. The molecule has 0 bridgehead atoms. The SMILES string of the molecule is O=C(Nc1nnc(S(=O)(=O)Nc2ccc(Cc3ccncc3)cc2)s1)c1ccccc1. The van der Waals surface area contributed by atoms with Crippen molar-refractivity contribution in [1.29, 1.82) is 0 Å². The first-order valence-corrected chi connectivity index (χ1v) is 11.5. The van der Waals surface area contributed by atoms with E-state index in [1.807, 2.05) is 24.3 Å². The number of anilines is 2. The van der Waals surface area contributed by atoms with E-state index < -0.39 is 15.9 Å². The molecule has 0 radical (unpaired) electrons. The van der Waals surface area contributed by atoms with Gasteiger partial charge in [-0.1, -0.05) is 41.7 Å². The predicted octanol–water partition coefficient (Wildman–Crippen LogP) is 3.58. The molecule has 31 heavy (non-hydrogen) atoms. The Hall–Kier alpha value is -3.63. The number of hydrogen-bond donors (Lipinski definition) is 2. The number of sulfonamides is 1. The molecule has 0 fully saturated rings. The molecule has 0 saturated heterocycles. The summed E-state index contributed by atoms with van der Waals surface area (Å²) >= 11 is 0.776. The summed E-state index contributed by atoms with van der Waals surface area (Å²) < 4.78 is 27.5. The number of rotatable bonds is 7. The lowest BCUT2D eigenvalue weighted by atomic mass is 10.1. The van der Waals surface area contributed by atoms with Gasteiger partial charge < -0.3 is 0 Å². The molecule has 0 saturated carbocycles. The summed E-state index contributed by atoms with van der Waals surface area (Å²) in [6, 6.07) is 19.5. The van der Waals surface area contributed by atoms with Gasteiger partial charge in [0.2, 0.25) is 5.13 Å². The van der Waals surface area contributed by atoms with Crippen molar-refractivity contribution in [3.05, 3.63) is 95.8 Å². The average Bonchev–Trinajstić information content (AvgIpc) is 3.26. The standard InChI is InChI=1S/C21H17N5O3S2/c27-19(17-4-2-1-3-5-17)23-20-24-25-21(30-20)31(28,29)26-18-8-6-15(7-9-18)14-16-10-12-22-13-11-16/h1-13,26H,14H2,(H,23,24,27). The molecule has 2 aromatic carbocycles. The van der Waals surface area contributed by atoms with Crippen LogP contribution in [-0.4, -0.2) is 29.5 Å². The molecule has 4 aromatic rings. The highest BCUT2D eigenvalue weighted by Gasteiger charge is 2.21. The number of carbonyl (C=O) groups is 1. The number of carbonyl (C=O) groups excluding carboxylic acids is 1. The zero-order valence-corrected chi connectivity index (χ0v) is 17.7. The summed E-state index contributed by atoms with van der Waals surface area (Å²) in [5, 5.41) is 10.1. The fourth-order valence-electron chi connectivity index (χ4n) is 2.75. The third kappa shape index (κ3) is 5.30. The molecular formula is C21H17N5O3S2. The van der Waals surface area contributed by atoms with Crippen LogP contribution in [0, 0.1) is 0 Å². The fraction of sp³-hybridized carbons (Fsp3) is 0.0476. The van der Waals surface area contributed by atoms with E-state index in [0.29, 0.717) is 11.3 Å². The van der Waals surface area contributed by atoms with E-state index in [0.717, 1.165) is 28.9 Å². The van der Waals surface area contributed by atoms with Crippen LogP contribution in [0.5, 0.6) is 0 Å². The van der Waals surface area contributed by atoms with Crippen LogP contribution in [0.25, 0.3) is 0 Å². The van der Waals surface area contributed by atoms with Crippen LogP contribution in [0.2, 0.25) is 0 Å². The molecule has 0 atom stereocenters. The third-order valence-corrected chi connectivity index (χ3v) is 6.84. The Kier molecular flexibility index (Phi) is 6.01. The van der Waals surface area contributed by atoms with Crippen LogP contribution in [0.4, 0.5) is 10.8 Å². The van der Waals surface area contributed by atoms with Crippen LogP contribution < -0.4 is 10.0 Å². The van der Waals surface area contributed by atoms with Crippen LogP contribution in [-0.2, 0) is 16.4 Å². The van der Waals surface area contributed by atoms with Crippen molar-refractivity contribution >= 4 is 38.1 Å². The van der Waals surface area contributed by atoms with Crippen molar-refractivity contribution in [2.45, 2.75) is 10.8 Å². The van der Waals surface area contributed by atoms with Gasteiger partial charge in [0.15, 0.2) is 0 Å². The van der Waals surface area contributed by atoms with Crippen molar-refractivity contribution in [3.8, 4) is 0 Å². The lowest BCUT2D eigenvalue weighted by molar-refractivity contribution is 0.102. The Balaban J connectivity index is 1.41. The number of benzene rings is 2. The first-order valence-electron chi connectivity index (χ1n) is 9.20. The summed E-state index contributed by atoms with van der Waals surface area (Å²) in [6.45, 7) is 0. The molecule has 0 aliphatic carbocycles. The van der Waals surface area contributed by atoms with E-state index in [-0.39, 0.29) is 9.47 Å². The van der Waals surface area contributed by atoms with E-state index >= 15 is 0 Å². The highest BCUT2D eigenvalue weighted by atomic mass is 32.2. The van der Waals surface area contributed by atoms with E-state index in [4.69, 9.17) is 0 Å². The van der Waals surface area contributed by atoms with Gasteiger partial charge in [-0.25, -0.2) is 0 Å². The van der Waals surface area contributed by atoms with Crippen molar-refractivity contribution in [1.82, 2.24) is 15.2 Å². The second-order valence-corrected chi connectivity index (χ2v) is 9.36. The Morgan fingerprint density at radius 2 is 1.55 bits per heavy atom. The van der Waals surface area contributed by atoms with Gasteiger partial charge in [-0.15, -0.1) is 10.2 Å². The molecule has 8 nitrogen and oxygen atoms in total. The largest absolute Gasteiger partial charge is 0.296 e. The molecule has 156 valence electrons. The summed E-state index contributed by atoms with van der Waals surface area (Å²) in [4.78, 5) is 16.2. The molecular weight excluding hydrogens is 434 g/mol. The van der Waals surface area contributed by atoms with E-state index in [1.165, 1.54) is 0 Å². The predicted molar refractivity (Wildman–Crippen MR) is 119 cm³/mol. The van der Waals surface area contributed by atoms with Crippen LogP contribution in [0.3, 0.4) is 0 Å². The van der Waals surface area contributed by atoms with Crippen LogP contribution in [0.15, 0.2) is 83.5 Å². The van der Waals surface area contributed by atoms with Crippen LogP contribution >= 0.6 is 11.3 Å². The Morgan fingerprint density at radius 3 is 2.26 bits per heavy atom. The lowest BCUT2D eigenvalue weighted by Gasteiger charge is -2.07. The van der Waals surface area contributed by atoms with Crippen molar-refractivity contribution < 1.29 is 13.2 Å². The topological polar surface area (TPSA) is 114 Å². The van der Waals surface area contributed by atoms with Gasteiger partial charge in [0.25, 0.3) is 20.3 Å². The number of hydrogen-bond acceptors (Lipinski definition) is 7. The van der Waals surface area contributed by atoms with Gasteiger partial charge in [0.1, 0.15) is 0 Å². The average molecular weight is 452 g/mol. The van der Waals surface area contributed by atoms with E-state index in [9.17, 15) is 13.2 Å². The third-order valence-electron chi connectivity index (χ3n) is 4.26. The molecule has 2 heterocycles. The Morgan fingerprint density at radius 1 is 0.871 bits per heavy atom. The molecule has 0 aliphatic rings. The van der Waals surface area contributed by atoms with Crippen molar-refractivity contribution in [2.24, 2.45) is 0 Å². The van der Waals surface area contributed by atoms with Gasteiger partial charge in [0, 0.05) is 23.6 Å². The van der Waals surface area contributed by atoms with Gasteiger partial charge in [-0.05, 0) is 53.9 Å². The van der Waals surface area contributed by atoms with Gasteiger partial charge in [0.05, 0.1) is 0 Å². The number of amides is 1. The number of nitrogens with one attached hydrogen (secondary N) is 2. The molecule has 10 heteroatoms. The van der Waals surface area contributed by atoms with Crippen LogP contribution in [0.1, 0.15) is 21.5 Å². The first kappa shape index (κ1) is 20.6. The Labute approximate surface area is 183 Å². The summed E-state index contributed by atoms with van der Waals surface area (Å²) in [7, 11) is -3.93. The van der Waals surface area contributed by atoms with E-state index in [1.54, 1.807) is 54.9 Å². The minimum Gasteiger partial charge on any atom is -0.296 e. The molecule has 2 N–H and O–H groups in total. The second-order valence-electron chi connectivity index (χ2n) is 6.53. The quantitative estimate of drug-likeness (QED) is 0.415. The first-order chi connectivity index (χ1) is 15.0. The summed E-state index contributed by atoms with van der Waals surface area (Å²) in [5.74, 6) is -0.390. The number of nitrogens with zero attached hydrogens (tertiary/aromatic N) is 3. The van der Waals surface area contributed by atoms with E-state index in [2.05, 4.69) is 25.2 Å². The minimum atomic E-state index is -3.93. The van der Waals surface area contributed by atoms with Gasteiger partial charge >= 0.3 is 0 Å². The maximum atomic E-state index is 12.6. The summed E-state index contributed by atoms with van der Waals surface area (Å²) in [5.41, 5.74) is 2.99. The monoisotopic (exact) mass is 451 g/mol. The molecule has 0 spiro atoms. The molecule has 2 aromatic heterocycles. The Bertz CT molecular complexity index is 1280. The molecule has 4 rings (SSSR count). The van der Waals surface area contributed by atoms with Gasteiger partial charge in [-0.3, -0.25) is 19.8 Å². The normalized spacial score (nSPS) is 11.1.